The maximum absolute atomic E-state index is 13.7. The molecule has 1 N–H and O–H groups in total. The highest BCUT2D eigenvalue weighted by Gasteiger charge is 2.62. The van der Waals surface area contributed by atoms with E-state index in [1.807, 2.05) is 6.07 Å². The molecular formula is C31H36F3N7O4S. The fourth-order valence-electron chi connectivity index (χ4n) is 7.24. The second kappa shape index (κ2) is 10.8. The number of rotatable bonds is 5. The largest absolute Gasteiger partial charge is 0.477 e. The smallest absolute Gasteiger partial charge is 0.394 e. The van der Waals surface area contributed by atoms with Gasteiger partial charge in [0.05, 0.1) is 17.6 Å². The van der Waals surface area contributed by atoms with Gasteiger partial charge in [-0.3, -0.25) is 4.79 Å². The number of pyridine rings is 2. The third-order valence-electron chi connectivity index (χ3n) is 9.95. The average molecular weight is 660 g/mol. The van der Waals surface area contributed by atoms with Crippen molar-refractivity contribution in [2.45, 2.75) is 81.6 Å². The van der Waals surface area contributed by atoms with Gasteiger partial charge in [-0.1, -0.05) is 6.07 Å². The molecule has 11 nitrogen and oxygen atoms in total. The third-order valence-corrected chi connectivity index (χ3v) is 11.2. The fraction of sp³-hybridized carbons (Fsp3) is 0.548. The summed E-state index contributed by atoms with van der Waals surface area (Å²) >= 11 is 0. The highest BCUT2D eigenvalue weighted by atomic mass is 32.2. The molecule has 0 aromatic carbocycles. The lowest BCUT2D eigenvalue weighted by atomic mass is 9.85. The Kier molecular flexibility index (Phi) is 7.25. The van der Waals surface area contributed by atoms with Gasteiger partial charge >= 0.3 is 6.18 Å². The van der Waals surface area contributed by atoms with Crippen molar-refractivity contribution in [1.82, 2.24) is 24.5 Å². The number of nitrogens with zero attached hydrogens (tertiary/aromatic N) is 6. The first-order chi connectivity index (χ1) is 21.8. The number of ether oxygens (including phenoxy) is 1. The molecule has 3 aliphatic heterocycles. The molecule has 1 amide bonds. The van der Waals surface area contributed by atoms with E-state index in [1.54, 1.807) is 24.4 Å². The first-order valence-electron chi connectivity index (χ1n) is 15.6. The number of aromatic nitrogens is 4. The molecule has 2 unspecified atom stereocenters. The Hall–Kier alpha value is -3.88. The zero-order chi connectivity index (χ0) is 32.5. The summed E-state index contributed by atoms with van der Waals surface area (Å²) in [6, 6.07) is 9.59. The summed E-state index contributed by atoms with van der Waals surface area (Å²) in [7, 11) is -4.30. The van der Waals surface area contributed by atoms with E-state index < -0.39 is 33.1 Å². The Labute approximate surface area is 265 Å². The second-order valence-corrected chi connectivity index (χ2v) is 15.1. The van der Waals surface area contributed by atoms with Crippen LogP contribution in [0.15, 0.2) is 47.6 Å². The van der Waals surface area contributed by atoms with Crippen LogP contribution in [0.25, 0.3) is 5.82 Å². The minimum Gasteiger partial charge on any atom is -0.477 e. The van der Waals surface area contributed by atoms with Gasteiger partial charge in [-0.15, -0.1) is 5.10 Å². The maximum Gasteiger partial charge on any atom is 0.394 e. The molecule has 4 bridgehead atoms. The van der Waals surface area contributed by atoms with Crippen molar-refractivity contribution in [3.63, 3.8) is 0 Å². The number of sulfonamides is 1. The van der Waals surface area contributed by atoms with Gasteiger partial charge in [0.15, 0.2) is 10.8 Å². The highest BCUT2D eigenvalue weighted by Crippen LogP contribution is 2.59. The van der Waals surface area contributed by atoms with Gasteiger partial charge in [-0.2, -0.15) is 21.6 Å². The Morgan fingerprint density at radius 2 is 1.87 bits per heavy atom. The van der Waals surface area contributed by atoms with Crippen LogP contribution in [0.5, 0.6) is 5.88 Å². The van der Waals surface area contributed by atoms with Crippen LogP contribution in [0.3, 0.4) is 0 Å². The van der Waals surface area contributed by atoms with Crippen molar-refractivity contribution < 1.29 is 31.1 Å². The number of amides is 1. The zero-order valence-electron chi connectivity index (χ0n) is 25.6. The molecule has 6 heterocycles. The predicted molar refractivity (Wildman–Crippen MR) is 163 cm³/mol. The normalized spacial score (nSPS) is 24.5. The first kappa shape index (κ1) is 30.8. The molecule has 1 aliphatic carbocycles. The number of nitrogens with one attached hydrogen (secondary N) is 1. The molecule has 46 heavy (non-hydrogen) atoms. The van der Waals surface area contributed by atoms with E-state index in [0.29, 0.717) is 24.0 Å². The molecule has 3 fully saturated rings. The van der Waals surface area contributed by atoms with E-state index in [9.17, 15) is 26.4 Å². The number of hydrogen-bond donors (Lipinski definition) is 1. The number of carbonyl (C=O) groups excluding carboxylic acids is 1. The summed E-state index contributed by atoms with van der Waals surface area (Å²) in [5, 5.41) is 4.15. The minimum atomic E-state index is -4.30. The summed E-state index contributed by atoms with van der Waals surface area (Å²) < 4.78 is 75.9. The number of halogens is 3. The summed E-state index contributed by atoms with van der Waals surface area (Å²) in [6.45, 7) is 5.40. The van der Waals surface area contributed by atoms with E-state index >= 15 is 0 Å². The monoisotopic (exact) mass is 659 g/mol. The fourth-order valence-corrected chi connectivity index (χ4v) is 8.17. The van der Waals surface area contributed by atoms with Crippen LogP contribution in [0.4, 0.5) is 24.8 Å². The lowest BCUT2D eigenvalue weighted by Gasteiger charge is -2.40. The van der Waals surface area contributed by atoms with Crippen molar-refractivity contribution >= 4 is 27.6 Å². The van der Waals surface area contributed by atoms with Crippen molar-refractivity contribution in [3.8, 4) is 11.7 Å². The zero-order valence-corrected chi connectivity index (χ0v) is 26.4. The number of hydrogen-bond acceptors (Lipinski definition) is 9. The van der Waals surface area contributed by atoms with Crippen LogP contribution < -0.4 is 19.3 Å². The molecule has 3 aromatic rings. The van der Waals surface area contributed by atoms with Crippen molar-refractivity contribution in [2.75, 3.05) is 29.5 Å². The third kappa shape index (κ3) is 5.45. The molecule has 0 radical (unpaired) electrons. The topological polar surface area (TPSA) is 123 Å². The van der Waals surface area contributed by atoms with Crippen LogP contribution in [0, 0.1) is 11.3 Å². The van der Waals surface area contributed by atoms with Gasteiger partial charge in [0, 0.05) is 36.9 Å². The molecule has 1 saturated carbocycles. The van der Waals surface area contributed by atoms with Crippen LogP contribution in [0.2, 0.25) is 0 Å². The van der Waals surface area contributed by atoms with Crippen LogP contribution >= 0.6 is 0 Å². The maximum atomic E-state index is 13.7. The van der Waals surface area contributed by atoms with Crippen molar-refractivity contribution in [2.24, 2.45) is 11.3 Å². The van der Waals surface area contributed by atoms with Crippen LogP contribution in [-0.4, -0.2) is 71.5 Å². The van der Waals surface area contributed by atoms with Gasteiger partial charge in [-0.05, 0) is 89.0 Å². The summed E-state index contributed by atoms with van der Waals surface area (Å²) in [5.41, 5.74) is -2.01. The SMILES string of the molecule is CC1(C)CC2CN1c1nc(-n3ccc(OCCC4(C(F)(F)F)CC4)n3)ccc1C(=O)NS(=O)(=O)c1cccc(n1)N1CCCCC21. The van der Waals surface area contributed by atoms with E-state index in [2.05, 4.69) is 38.5 Å². The minimum absolute atomic E-state index is 0.0856. The Bertz CT molecular complexity index is 1770. The molecule has 4 aliphatic rings. The Morgan fingerprint density at radius 3 is 2.63 bits per heavy atom. The van der Waals surface area contributed by atoms with Gasteiger partial charge in [0.2, 0.25) is 5.88 Å². The molecule has 15 heteroatoms. The highest BCUT2D eigenvalue weighted by molar-refractivity contribution is 7.90. The number of anilines is 2. The van der Waals surface area contributed by atoms with Gasteiger partial charge in [0.25, 0.3) is 15.9 Å². The number of piperidine rings is 1. The quantitative estimate of drug-likeness (QED) is 0.409. The van der Waals surface area contributed by atoms with Gasteiger partial charge in [-0.25, -0.2) is 19.4 Å². The molecular weight excluding hydrogens is 623 g/mol. The van der Waals surface area contributed by atoms with Crippen molar-refractivity contribution in [1.29, 1.82) is 0 Å². The molecule has 2 atom stereocenters. The predicted octanol–water partition coefficient (Wildman–Crippen LogP) is 4.87. The molecule has 0 spiro atoms. The van der Waals surface area contributed by atoms with Crippen molar-refractivity contribution in [3.05, 3.63) is 48.2 Å². The molecule has 3 aromatic heterocycles. The molecule has 2 saturated heterocycles. The van der Waals surface area contributed by atoms with E-state index in [4.69, 9.17) is 9.72 Å². The molecule has 246 valence electrons. The number of alkyl halides is 3. The van der Waals surface area contributed by atoms with Gasteiger partial charge in [0.1, 0.15) is 11.6 Å². The van der Waals surface area contributed by atoms with E-state index in [-0.39, 0.29) is 54.3 Å². The standard InChI is InChI=1S/C31H36F3N7O4S/c1-29(2)18-20-19-40(29)27-21(28(42)38-46(43,44)26-8-5-7-23(35-26)39-15-4-3-6-22(20)39)9-10-24(36-27)41-16-11-25(37-41)45-17-14-30(12-13-30)31(32,33)34/h5,7-11,16,20,22H,3-4,6,12-15,17-19H2,1-2H3,(H,38,42). The van der Waals surface area contributed by atoms with Crippen LogP contribution in [-0.2, 0) is 10.0 Å². The lowest BCUT2D eigenvalue weighted by molar-refractivity contribution is -0.190. The lowest BCUT2D eigenvalue weighted by Crippen LogP contribution is -2.45. The van der Waals surface area contributed by atoms with E-state index in [1.165, 1.54) is 16.8 Å². The van der Waals surface area contributed by atoms with Gasteiger partial charge < -0.3 is 14.5 Å². The summed E-state index contributed by atoms with van der Waals surface area (Å²) in [4.78, 5) is 27.3. The number of carbonyl (C=O) groups is 1. The molecule has 7 rings (SSSR count). The Morgan fingerprint density at radius 1 is 1.07 bits per heavy atom. The first-order valence-corrected chi connectivity index (χ1v) is 17.1. The average Bonchev–Trinajstić information content (AvgIpc) is 3.55. The Balaban J connectivity index is 1.23. The van der Waals surface area contributed by atoms with Crippen LogP contribution in [0.1, 0.15) is 69.2 Å². The number of fused-ring (bicyclic) bond motifs is 9. The summed E-state index contributed by atoms with van der Waals surface area (Å²) in [6.07, 6.45) is 1.19. The second-order valence-electron chi connectivity index (χ2n) is 13.4. The van der Waals surface area contributed by atoms with E-state index in [0.717, 1.165) is 32.2 Å². The summed E-state index contributed by atoms with van der Waals surface area (Å²) in [5.74, 6) is 0.750.